The van der Waals surface area contributed by atoms with Crippen molar-refractivity contribution in [2.24, 2.45) is 0 Å². The lowest BCUT2D eigenvalue weighted by Crippen LogP contribution is -2.08. The third-order valence-corrected chi connectivity index (χ3v) is 1.90. The van der Waals surface area contributed by atoms with E-state index in [9.17, 15) is 17.6 Å². The van der Waals surface area contributed by atoms with E-state index in [1.54, 1.807) is 0 Å². The largest absolute Gasteiger partial charge is 0.419 e. The van der Waals surface area contributed by atoms with E-state index in [-0.39, 0.29) is 12.2 Å². The van der Waals surface area contributed by atoms with Gasteiger partial charge in [0.05, 0.1) is 5.56 Å². The summed E-state index contributed by atoms with van der Waals surface area (Å²) in [5, 5.41) is 8.48. The minimum absolute atomic E-state index is 0.0795. The van der Waals surface area contributed by atoms with Gasteiger partial charge in [0.1, 0.15) is 5.82 Å². The Kier molecular flexibility index (Phi) is 4.06. The van der Waals surface area contributed by atoms with E-state index in [1.807, 2.05) is 0 Å². The number of aliphatic hydroxyl groups is 1. The van der Waals surface area contributed by atoms with E-state index in [1.165, 1.54) is 18.2 Å². The average Bonchev–Trinajstić information content (AvgIpc) is 2.19. The van der Waals surface area contributed by atoms with E-state index in [4.69, 9.17) is 5.11 Å². The van der Waals surface area contributed by atoms with Crippen LogP contribution in [0.3, 0.4) is 0 Å². The Labute approximate surface area is 90.0 Å². The maximum absolute atomic E-state index is 12.9. The second kappa shape index (κ2) is 5.12. The van der Waals surface area contributed by atoms with Crippen molar-refractivity contribution in [3.8, 4) is 0 Å². The highest BCUT2D eigenvalue weighted by molar-refractivity contribution is 5.50. The lowest BCUT2D eigenvalue weighted by Gasteiger charge is -2.08. The molecular weight excluding hydrogens is 224 g/mol. The standard InChI is InChI=1S/C11H10F4O/c12-10-5-4-8(3-1-2-6-16)7-9(10)11(13,14)15/h1,3-5,7,16H,2,6H2. The first kappa shape index (κ1) is 12.7. The van der Waals surface area contributed by atoms with Gasteiger partial charge in [0.2, 0.25) is 0 Å². The fourth-order valence-electron chi connectivity index (χ4n) is 1.16. The SMILES string of the molecule is OCCC=Cc1ccc(F)c(C(F)(F)F)c1. The van der Waals surface area contributed by atoms with E-state index >= 15 is 0 Å². The molecular formula is C11H10F4O. The van der Waals surface area contributed by atoms with Crippen LogP contribution in [0, 0.1) is 5.82 Å². The molecule has 1 aromatic rings. The van der Waals surface area contributed by atoms with Crippen LogP contribution in [0.1, 0.15) is 17.5 Å². The first-order chi connectivity index (χ1) is 7.45. The van der Waals surface area contributed by atoms with Gasteiger partial charge in [0, 0.05) is 6.61 Å². The van der Waals surface area contributed by atoms with Gasteiger partial charge in [-0.25, -0.2) is 4.39 Å². The second-order valence-corrected chi connectivity index (χ2v) is 3.15. The molecule has 0 spiro atoms. The Morgan fingerprint density at radius 1 is 1.25 bits per heavy atom. The quantitative estimate of drug-likeness (QED) is 0.796. The zero-order valence-corrected chi connectivity index (χ0v) is 8.26. The highest BCUT2D eigenvalue weighted by atomic mass is 19.4. The van der Waals surface area contributed by atoms with Gasteiger partial charge in [-0.15, -0.1) is 0 Å². The molecule has 1 aromatic carbocycles. The molecule has 0 heterocycles. The maximum Gasteiger partial charge on any atom is 0.419 e. The van der Waals surface area contributed by atoms with Crippen LogP contribution in [-0.2, 0) is 6.18 Å². The van der Waals surface area contributed by atoms with Gasteiger partial charge in [-0.2, -0.15) is 13.2 Å². The topological polar surface area (TPSA) is 20.2 Å². The summed E-state index contributed by atoms with van der Waals surface area (Å²) in [4.78, 5) is 0. The number of alkyl halides is 3. The van der Waals surface area contributed by atoms with Crippen molar-refractivity contribution < 1.29 is 22.7 Å². The molecule has 0 aromatic heterocycles. The molecule has 0 unspecified atom stereocenters. The molecule has 1 nitrogen and oxygen atoms in total. The first-order valence-electron chi connectivity index (χ1n) is 4.59. The van der Waals surface area contributed by atoms with E-state index in [2.05, 4.69) is 0 Å². The van der Waals surface area contributed by atoms with Crippen molar-refractivity contribution in [2.75, 3.05) is 6.61 Å². The Hall–Kier alpha value is -1.36. The third-order valence-electron chi connectivity index (χ3n) is 1.90. The average molecular weight is 234 g/mol. The van der Waals surface area contributed by atoms with Gasteiger partial charge in [-0.1, -0.05) is 18.2 Å². The van der Waals surface area contributed by atoms with Gasteiger partial charge >= 0.3 is 6.18 Å². The Morgan fingerprint density at radius 3 is 2.50 bits per heavy atom. The van der Waals surface area contributed by atoms with E-state index in [0.717, 1.165) is 12.1 Å². The summed E-state index contributed by atoms with van der Waals surface area (Å²) in [6, 6.07) is 2.77. The summed E-state index contributed by atoms with van der Waals surface area (Å²) in [5.74, 6) is -1.29. The smallest absolute Gasteiger partial charge is 0.396 e. The summed E-state index contributed by atoms with van der Waals surface area (Å²) in [7, 11) is 0. The molecule has 1 rings (SSSR count). The maximum atomic E-state index is 12.9. The summed E-state index contributed by atoms with van der Waals surface area (Å²) < 4.78 is 49.8. The van der Waals surface area contributed by atoms with Gasteiger partial charge in [0.25, 0.3) is 0 Å². The molecule has 1 N–H and O–H groups in total. The van der Waals surface area contributed by atoms with Crippen molar-refractivity contribution in [2.45, 2.75) is 12.6 Å². The molecule has 16 heavy (non-hydrogen) atoms. The molecule has 0 aliphatic rings. The fraction of sp³-hybridized carbons (Fsp3) is 0.273. The van der Waals surface area contributed by atoms with Gasteiger partial charge in [0.15, 0.2) is 0 Å². The van der Waals surface area contributed by atoms with Crippen molar-refractivity contribution in [1.82, 2.24) is 0 Å². The number of aliphatic hydroxyl groups excluding tert-OH is 1. The predicted octanol–water partition coefficient (Wildman–Crippen LogP) is 3.24. The minimum Gasteiger partial charge on any atom is -0.396 e. The molecule has 0 fully saturated rings. The predicted molar refractivity (Wildman–Crippen MR) is 52.1 cm³/mol. The van der Waals surface area contributed by atoms with Crippen LogP contribution in [0.4, 0.5) is 17.6 Å². The van der Waals surface area contributed by atoms with Crippen LogP contribution in [0.25, 0.3) is 6.08 Å². The summed E-state index contributed by atoms with van der Waals surface area (Å²) >= 11 is 0. The number of halogens is 4. The monoisotopic (exact) mass is 234 g/mol. The Morgan fingerprint density at radius 2 is 1.94 bits per heavy atom. The Bertz CT molecular complexity index is 382. The van der Waals surface area contributed by atoms with E-state index < -0.39 is 17.6 Å². The van der Waals surface area contributed by atoms with Crippen LogP contribution >= 0.6 is 0 Å². The zero-order valence-electron chi connectivity index (χ0n) is 8.26. The lowest BCUT2D eigenvalue weighted by atomic mass is 10.1. The second-order valence-electron chi connectivity index (χ2n) is 3.15. The zero-order chi connectivity index (χ0) is 12.2. The van der Waals surface area contributed by atoms with Crippen LogP contribution < -0.4 is 0 Å². The lowest BCUT2D eigenvalue weighted by molar-refractivity contribution is -0.140. The van der Waals surface area contributed by atoms with Crippen LogP contribution in [0.15, 0.2) is 24.3 Å². The molecule has 0 radical (unpaired) electrons. The van der Waals surface area contributed by atoms with Crippen LogP contribution in [0.5, 0.6) is 0 Å². The first-order valence-corrected chi connectivity index (χ1v) is 4.59. The Balaban J connectivity index is 2.99. The third kappa shape index (κ3) is 3.34. The van der Waals surface area contributed by atoms with Crippen LogP contribution in [-0.4, -0.2) is 11.7 Å². The number of benzene rings is 1. The van der Waals surface area contributed by atoms with E-state index in [0.29, 0.717) is 6.42 Å². The fourth-order valence-corrected chi connectivity index (χ4v) is 1.16. The molecule has 0 atom stereocenters. The highest BCUT2D eigenvalue weighted by Gasteiger charge is 2.33. The number of hydrogen-bond donors (Lipinski definition) is 1. The summed E-state index contributed by atoms with van der Waals surface area (Å²) in [6.07, 6.45) is -1.41. The van der Waals surface area contributed by atoms with Gasteiger partial charge in [-0.3, -0.25) is 0 Å². The normalized spacial score (nSPS) is 12.3. The van der Waals surface area contributed by atoms with Gasteiger partial charge < -0.3 is 5.11 Å². The number of hydrogen-bond acceptors (Lipinski definition) is 1. The summed E-state index contributed by atoms with van der Waals surface area (Å²) in [6.45, 7) is -0.0795. The van der Waals surface area contributed by atoms with Crippen molar-refractivity contribution >= 4 is 6.08 Å². The van der Waals surface area contributed by atoms with Crippen molar-refractivity contribution in [3.05, 3.63) is 41.2 Å². The minimum atomic E-state index is -4.69. The molecule has 0 saturated heterocycles. The molecule has 0 aliphatic carbocycles. The van der Waals surface area contributed by atoms with Crippen molar-refractivity contribution in [3.63, 3.8) is 0 Å². The molecule has 0 amide bonds. The van der Waals surface area contributed by atoms with Crippen molar-refractivity contribution in [1.29, 1.82) is 0 Å². The summed E-state index contributed by atoms with van der Waals surface area (Å²) in [5.41, 5.74) is -1.03. The molecule has 5 heteroatoms. The number of rotatable bonds is 3. The molecule has 88 valence electrons. The van der Waals surface area contributed by atoms with Crippen LogP contribution in [0.2, 0.25) is 0 Å². The molecule has 0 saturated carbocycles. The molecule has 0 bridgehead atoms. The highest BCUT2D eigenvalue weighted by Crippen LogP contribution is 2.32. The van der Waals surface area contributed by atoms with Gasteiger partial charge in [-0.05, 0) is 24.1 Å². The molecule has 0 aliphatic heterocycles.